The Kier molecular flexibility index (Phi) is 4.53. The van der Waals surface area contributed by atoms with Crippen LogP contribution in [0, 0.1) is 10.1 Å². The topological polar surface area (TPSA) is 46.4 Å². The molecule has 0 fully saturated rings. The molecule has 0 atom stereocenters. The Morgan fingerprint density at radius 1 is 1.44 bits per heavy atom. The lowest BCUT2D eigenvalue weighted by Gasteiger charge is -2.18. The van der Waals surface area contributed by atoms with Crippen LogP contribution in [0.3, 0.4) is 0 Å². The summed E-state index contributed by atoms with van der Waals surface area (Å²) in [6, 6.07) is 3.68. The maximum absolute atomic E-state index is 12.1. The molecule has 0 radical (unpaired) electrons. The number of non-ortho nitro benzene ring substituents is 1. The van der Waals surface area contributed by atoms with E-state index in [9.17, 15) is 23.3 Å². The third kappa shape index (κ3) is 4.50. The summed E-state index contributed by atoms with van der Waals surface area (Å²) >= 11 is 5.79. The van der Waals surface area contributed by atoms with Crippen molar-refractivity contribution in [3.63, 3.8) is 0 Å². The quantitative estimate of drug-likeness (QED) is 0.629. The third-order valence-electron chi connectivity index (χ3n) is 2.13. The van der Waals surface area contributed by atoms with Crippen LogP contribution in [0.2, 0.25) is 5.02 Å². The van der Waals surface area contributed by atoms with Gasteiger partial charge in [-0.05, 0) is 18.7 Å². The summed E-state index contributed by atoms with van der Waals surface area (Å²) in [4.78, 5) is 10.9. The van der Waals surface area contributed by atoms with Gasteiger partial charge in [-0.15, -0.1) is 0 Å². The van der Waals surface area contributed by atoms with E-state index in [2.05, 4.69) is 0 Å². The van der Waals surface area contributed by atoms with Crippen molar-refractivity contribution in [2.75, 3.05) is 13.6 Å². The van der Waals surface area contributed by atoms with Crippen LogP contribution in [0.4, 0.5) is 18.9 Å². The van der Waals surface area contributed by atoms with E-state index in [0.29, 0.717) is 0 Å². The van der Waals surface area contributed by atoms with Gasteiger partial charge in [0.05, 0.1) is 11.5 Å². The minimum Gasteiger partial charge on any atom is -0.294 e. The normalized spacial score (nSPS) is 11.9. The zero-order valence-corrected chi connectivity index (χ0v) is 10.1. The number of nitro benzene ring substituents is 1. The van der Waals surface area contributed by atoms with Crippen molar-refractivity contribution in [2.45, 2.75) is 12.7 Å². The van der Waals surface area contributed by atoms with E-state index < -0.39 is 17.6 Å². The van der Waals surface area contributed by atoms with Gasteiger partial charge in [0.15, 0.2) is 0 Å². The van der Waals surface area contributed by atoms with Crippen molar-refractivity contribution in [3.05, 3.63) is 38.9 Å². The van der Waals surface area contributed by atoms with Crippen molar-refractivity contribution < 1.29 is 18.1 Å². The number of hydrogen-bond donors (Lipinski definition) is 0. The van der Waals surface area contributed by atoms with Gasteiger partial charge in [0.1, 0.15) is 0 Å². The zero-order chi connectivity index (χ0) is 13.9. The second-order valence-electron chi connectivity index (χ2n) is 3.82. The fraction of sp³-hybridized carbons (Fsp3) is 0.400. The molecule has 0 N–H and O–H groups in total. The second-order valence-corrected chi connectivity index (χ2v) is 4.23. The largest absolute Gasteiger partial charge is 0.401 e. The van der Waals surface area contributed by atoms with Crippen molar-refractivity contribution in [2.24, 2.45) is 0 Å². The summed E-state index contributed by atoms with van der Waals surface area (Å²) in [5, 5.41) is 10.8. The minimum atomic E-state index is -4.32. The molecule has 100 valence electrons. The van der Waals surface area contributed by atoms with Gasteiger partial charge in [0, 0.05) is 23.7 Å². The highest BCUT2D eigenvalue weighted by atomic mass is 35.5. The Hall–Kier alpha value is -1.34. The van der Waals surface area contributed by atoms with E-state index in [0.717, 1.165) is 4.90 Å². The van der Waals surface area contributed by atoms with Crippen LogP contribution < -0.4 is 0 Å². The number of rotatable bonds is 4. The molecule has 18 heavy (non-hydrogen) atoms. The van der Waals surface area contributed by atoms with E-state index in [1.807, 2.05) is 0 Å². The molecule has 0 spiro atoms. The van der Waals surface area contributed by atoms with Gasteiger partial charge in [-0.3, -0.25) is 15.0 Å². The molecule has 1 aromatic carbocycles. The van der Waals surface area contributed by atoms with Crippen LogP contribution in [-0.2, 0) is 6.54 Å². The molecule has 0 saturated heterocycles. The van der Waals surface area contributed by atoms with Gasteiger partial charge < -0.3 is 0 Å². The predicted octanol–water partition coefficient (Wildman–Crippen LogP) is 3.24. The molecule has 0 aliphatic rings. The highest BCUT2D eigenvalue weighted by Crippen LogP contribution is 2.24. The van der Waals surface area contributed by atoms with Crippen molar-refractivity contribution in [1.29, 1.82) is 0 Å². The van der Waals surface area contributed by atoms with Crippen LogP contribution in [0.25, 0.3) is 0 Å². The van der Waals surface area contributed by atoms with E-state index in [1.165, 1.54) is 25.2 Å². The lowest BCUT2D eigenvalue weighted by Crippen LogP contribution is -2.30. The van der Waals surface area contributed by atoms with Crippen LogP contribution in [0.1, 0.15) is 5.56 Å². The summed E-state index contributed by atoms with van der Waals surface area (Å²) in [5.74, 6) is 0. The van der Waals surface area contributed by atoms with E-state index in [4.69, 9.17) is 11.6 Å². The van der Waals surface area contributed by atoms with Crippen molar-refractivity contribution >= 4 is 17.3 Å². The molecule has 4 nitrogen and oxygen atoms in total. The standard InChI is InChI=1S/C10H10ClF3N2O2/c1-15(6-10(12,13)14)5-7-4-8(16(17)18)2-3-9(7)11/h2-4H,5-6H2,1H3. The molecular formula is C10H10ClF3N2O2. The van der Waals surface area contributed by atoms with Gasteiger partial charge in [-0.25, -0.2) is 0 Å². The van der Waals surface area contributed by atoms with Crippen molar-refractivity contribution in [1.82, 2.24) is 4.90 Å². The Bertz CT molecular complexity index is 451. The number of nitro groups is 1. The van der Waals surface area contributed by atoms with Gasteiger partial charge >= 0.3 is 6.18 Å². The number of halogens is 4. The number of nitrogens with zero attached hydrogens (tertiary/aromatic N) is 2. The van der Waals surface area contributed by atoms with Crippen LogP contribution in [0.15, 0.2) is 18.2 Å². The molecule has 8 heteroatoms. The van der Waals surface area contributed by atoms with Gasteiger partial charge in [-0.2, -0.15) is 13.2 Å². The molecule has 0 bridgehead atoms. The molecule has 0 heterocycles. The SMILES string of the molecule is CN(Cc1cc([N+](=O)[O-])ccc1Cl)CC(F)(F)F. The van der Waals surface area contributed by atoms with Gasteiger partial charge in [0.25, 0.3) is 5.69 Å². The highest BCUT2D eigenvalue weighted by Gasteiger charge is 2.29. The Morgan fingerprint density at radius 3 is 2.56 bits per heavy atom. The maximum Gasteiger partial charge on any atom is 0.401 e. The summed E-state index contributed by atoms with van der Waals surface area (Å²) in [5.41, 5.74) is 0.0902. The molecule has 0 aliphatic carbocycles. The van der Waals surface area contributed by atoms with E-state index in [1.54, 1.807) is 0 Å². The van der Waals surface area contributed by atoms with Crippen LogP contribution in [0.5, 0.6) is 0 Å². The summed E-state index contributed by atoms with van der Waals surface area (Å²) in [7, 11) is 1.27. The maximum atomic E-state index is 12.1. The molecule has 0 amide bonds. The number of benzene rings is 1. The second kappa shape index (κ2) is 5.53. The first-order chi connectivity index (χ1) is 8.19. The van der Waals surface area contributed by atoms with Gasteiger partial charge in [0.2, 0.25) is 0 Å². The number of hydrogen-bond acceptors (Lipinski definition) is 3. The first-order valence-electron chi connectivity index (χ1n) is 4.87. The predicted molar refractivity (Wildman–Crippen MR) is 60.5 cm³/mol. The monoisotopic (exact) mass is 282 g/mol. The molecular weight excluding hydrogens is 273 g/mol. The molecule has 0 saturated carbocycles. The summed E-state index contributed by atoms with van der Waals surface area (Å²) < 4.78 is 36.4. The molecule has 1 aromatic rings. The zero-order valence-electron chi connectivity index (χ0n) is 9.37. The van der Waals surface area contributed by atoms with Crippen LogP contribution >= 0.6 is 11.6 Å². The van der Waals surface area contributed by atoms with E-state index in [-0.39, 0.29) is 22.8 Å². The summed E-state index contributed by atoms with van der Waals surface area (Å²) in [6.45, 7) is -1.22. The van der Waals surface area contributed by atoms with Gasteiger partial charge in [-0.1, -0.05) is 11.6 Å². The third-order valence-corrected chi connectivity index (χ3v) is 2.50. The molecule has 0 aliphatic heterocycles. The molecule has 0 aromatic heterocycles. The van der Waals surface area contributed by atoms with Crippen LogP contribution in [-0.4, -0.2) is 29.6 Å². The van der Waals surface area contributed by atoms with Crippen molar-refractivity contribution in [3.8, 4) is 0 Å². The minimum absolute atomic E-state index is 0.111. The Morgan fingerprint density at radius 2 is 2.06 bits per heavy atom. The Labute approximate surface area is 106 Å². The molecule has 1 rings (SSSR count). The first-order valence-corrected chi connectivity index (χ1v) is 5.25. The fourth-order valence-corrected chi connectivity index (χ4v) is 1.63. The first kappa shape index (κ1) is 14.7. The average molecular weight is 283 g/mol. The molecule has 0 unspecified atom stereocenters. The fourth-order valence-electron chi connectivity index (χ4n) is 1.45. The lowest BCUT2D eigenvalue weighted by molar-refractivity contribution is -0.384. The number of alkyl halides is 3. The highest BCUT2D eigenvalue weighted by molar-refractivity contribution is 6.31. The van der Waals surface area contributed by atoms with E-state index >= 15 is 0 Å². The Balaban J connectivity index is 2.83. The average Bonchev–Trinajstić information content (AvgIpc) is 2.18. The lowest BCUT2D eigenvalue weighted by atomic mass is 10.2. The smallest absolute Gasteiger partial charge is 0.294 e. The summed E-state index contributed by atoms with van der Waals surface area (Å²) in [6.07, 6.45) is -4.32.